The molecule has 0 aliphatic rings. The van der Waals surface area contributed by atoms with Crippen molar-refractivity contribution in [1.29, 1.82) is 0 Å². The first-order chi connectivity index (χ1) is 10.2. The molecule has 0 spiro atoms. The van der Waals surface area contributed by atoms with Crippen molar-refractivity contribution in [3.8, 4) is 0 Å². The largest absolute Gasteiger partial charge is 0.317 e. The first kappa shape index (κ1) is 14.8. The minimum absolute atomic E-state index is 0.0188. The van der Waals surface area contributed by atoms with Crippen LogP contribution in [0.25, 0.3) is 11.0 Å². The predicted octanol–water partition coefficient (Wildman–Crippen LogP) is 5.02. The van der Waals surface area contributed by atoms with Crippen LogP contribution in [-0.4, -0.2) is 14.5 Å². The van der Waals surface area contributed by atoms with Gasteiger partial charge < -0.3 is 4.57 Å². The van der Waals surface area contributed by atoms with Crippen molar-refractivity contribution in [2.24, 2.45) is 0 Å². The van der Waals surface area contributed by atoms with E-state index in [1.165, 1.54) is 6.07 Å². The zero-order valence-electron chi connectivity index (χ0n) is 11.2. The van der Waals surface area contributed by atoms with Gasteiger partial charge >= 0.3 is 0 Å². The van der Waals surface area contributed by atoms with Gasteiger partial charge in [0.2, 0.25) is 0 Å². The third-order valence-corrected chi connectivity index (χ3v) is 4.76. The monoisotopic (exact) mass is 343 g/mol. The number of nitrogens with zero attached hydrogens (tertiary/aromatic N) is 3. The van der Waals surface area contributed by atoms with Gasteiger partial charge in [-0.25, -0.2) is 14.4 Å². The Hall–Kier alpha value is -1.17. The highest BCUT2D eigenvalue weighted by Gasteiger charge is 2.22. The summed E-state index contributed by atoms with van der Waals surface area (Å²) >= 11 is 13.5. The second-order valence-corrected chi connectivity index (χ2v) is 6.18. The number of hydrogen-bond donors (Lipinski definition) is 0. The van der Waals surface area contributed by atoms with Gasteiger partial charge in [0.05, 0.1) is 28.0 Å². The summed E-state index contributed by atoms with van der Waals surface area (Å²) in [6, 6.07) is 2.97. The second kappa shape index (κ2) is 5.91. The quantitative estimate of drug-likeness (QED) is 0.622. The Balaban J connectivity index is 2.26. The van der Waals surface area contributed by atoms with Gasteiger partial charge in [0, 0.05) is 17.6 Å². The fourth-order valence-electron chi connectivity index (χ4n) is 2.45. The molecule has 110 valence electrons. The van der Waals surface area contributed by atoms with Crippen molar-refractivity contribution in [3.63, 3.8) is 0 Å². The molecule has 2 heterocycles. The van der Waals surface area contributed by atoms with Crippen molar-refractivity contribution in [2.45, 2.75) is 25.3 Å². The smallest absolute Gasteiger partial charge is 0.144 e. The molecule has 0 saturated heterocycles. The van der Waals surface area contributed by atoms with Gasteiger partial charge in [-0.2, -0.15) is 0 Å². The highest BCUT2D eigenvalue weighted by molar-refractivity contribution is 7.09. The maximum atomic E-state index is 13.6. The van der Waals surface area contributed by atoms with Crippen LogP contribution in [0.1, 0.15) is 30.2 Å². The van der Waals surface area contributed by atoms with Gasteiger partial charge in [-0.05, 0) is 12.5 Å². The molecule has 3 nitrogen and oxygen atoms in total. The van der Waals surface area contributed by atoms with Gasteiger partial charge in [0.25, 0.3) is 0 Å². The van der Waals surface area contributed by atoms with Gasteiger partial charge in [-0.1, -0.05) is 18.5 Å². The highest BCUT2D eigenvalue weighted by atomic mass is 35.5. The summed E-state index contributed by atoms with van der Waals surface area (Å²) in [7, 11) is 0. The molecule has 0 aliphatic heterocycles. The topological polar surface area (TPSA) is 30.7 Å². The Morgan fingerprint density at radius 3 is 2.86 bits per heavy atom. The second-order valence-electron chi connectivity index (χ2n) is 4.58. The molecule has 21 heavy (non-hydrogen) atoms. The highest BCUT2D eigenvalue weighted by Crippen LogP contribution is 2.32. The van der Waals surface area contributed by atoms with Crippen LogP contribution in [0.3, 0.4) is 0 Å². The first-order valence-electron chi connectivity index (χ1n) is 6.47. The van der Waals surface area contributed by atoms with E-state index in [0.717, 1.165) is 16.9 Å². The molecule has 1 aromatic carbocycles. The summed E-state index contributed by atoms with van der Waals surface area (Å²) in [5.41, 5.74) is 1.33. The van der Waals surface area contributed by atoms with Gasteiger partial charge in [0.1, 0.15) is 16.6 Å². The molecule has 1 unspecified atom stereocenters. The Kier molecular flexibility index (Phi) is 4.15. The lowest BCUT2D eigenvalue weighted by atomic mass is 10.2. The molecule has 3 aromatic rings. The molecule has 0 N–H and O–H groups in total. The van der Waals surface area contributed by atoms with E-state index in [1.807, 2.05) is 9.95 Å². The third kappa shape index (κ3) is 2.54. The minimum Gasteiger partial charge on any atom is -0.317 e. The Bertz CT molecular complexity index is 770. The third-order valence-electron chi connectivity index (χ3n) is 3.36. The molecule has 3 rings (SSSR count). The molecule has 0 amide bonds. The summed E-state index contributed by atoms with van der Waals surface area (Å²) in [5.74, 6) is 0.461. The lowest BCUT2D eigenvalue weighted by Crippen LogP contribution is -2.12. The number of alkyl halides is 1. The van der Waals surface area contributed by atoms with Crippen LogP contribution in [0.4, 0.5) is 4.39 Å². The number of thiazole rings is 1. The number of fused-ring (bicyclic) bond motifs is 1. The van der Waals surface area contributed by atoms with Crippen molar-refractivity contribution in [2.75, 3.05) is 0 Å². The van der Waals surface area contributed by atoms with E-state index in [0.29, 0.717) is 11.3 Å². The zero-order chi connectivity index (χ0) is 15.0. The van der Waals surface area contributed by atoms with E-state index in [-0.39, 0.29) is 16.9 Å². The molecule has 7 heteroatoms. The Morgan fingerprint density at radius 1 is 1.43 bits per heavy atom. The van der Waals surface area contributed by atoms with Gasteiger partial charge in [0.15, 0.2) is 0 Å². The maximum Gasteiger partial charge on any atom is 0.144 e. The van der Waals surface area contributed by atoms with Crippen LogP contribution in [0.15, 0.2) is 23.7 Å². The standard InChI is InChI=1S/C14H12Cl2FN3S/c1-2-11(14-18-3-4-21-14)20-12-5-8(16)9(17)6-10(12)19-13(20)7-15/h3-6,11H,2,7H2,1H3. The van der Waals surface area contributed by atoms with Gasteiger partial charge in [-0.3, -0.25) is 0 Å². The molecule has 0 saturated carbocycles. The number of aromatic nitrogens is 3. The summed E-state index contributed by atoms with van der Waals surface area (Å²) in [6.07, 6.45) is 2.60. The Morgan fingerprint density at radius 2 is 2.24 bits per heavy atom. The molecule has 0 bridgehead atoms. The fraction of sp³-hybridized carbons (Fsp3) is 0.286. The lowest BCUT2D eigenvalue weighted by molar-refractivity contribution is 0.561. The molecular formula is C14H12Cl2FN3S. The lowest BCUT2D eigenvalue weighted by Gasteiger charge is -2.17. The predicted molar refractivity (Wildman–Crippen MR) is 84.8 cm³/mol. The molecular weight excluding hydrogens is 332 g/mol. The summed E-state index contributed by atoms with van der Waals surface area (Å²) in [5, 5.41) is 2.99. The van der Waals surface area contributed by atoms with E-state index in [2.05, 4.69) is 16.9 Å². The average Bonchev–Trinajstić information content (AvgIpc) is 3.10. The van der Waals surface area contributed by atoms with Crippen molar-refractivity contribution >= 4 is 45.6 Å². The van der Waals surface area contributed by atoms with Crippen molar-refractivity contribution in [1.82, 2.24) is 14.5 Å². The summed E-state index contributed by atoms with van der Waals surface area (Å²) < 4.78 is 15.6. The number of halogens is 3. The molecule has 2 aromatic heterocycles. The van der Waals surface area contributed by atoms with Crippen molar-refractivity contribution < 1.29 is 4.39 Å². The maximum absolute atomic E-state index is 13.6. The SMILES string of the molecule is CCC(c1nccs1)n1c(CCl)nc2cc(F)c(Cl)cc21. The average molecular weight is 344 g/mol. The normalized spacial score (nSPS) is 13.0. The van der Waals surface area contributed by atoms with Crippen LogP contribution in [0.5, 0.6) is 0 Å². The fourth-order valence-corrected chi connectivity index (χ4v) is 3.61. The number of hydrogen-bond acceptors (Lipinski definition) is 3. The minimum atomic E-state index is -0.475. The van der Waals surface area contributed by atoms with E-state index < -0.39 is 5.82 Å². The van der Waals surface area contributed by atoms with E-state index in [4.69, 9.17) is 23.2 Å². The van der Waals surface area contributed by atoms with E-state index in [9.17, 15) is 4.39 Å². The van der Waals surface area contributed by atoms with Crippen molar-refractivity contribution in [3.05, 3.63) is 45.4 Å². The van der Waals surface area contributed by atoms with E-state index in [1.54, 1.807) is 23.6 Å². The van der Waals surface area contributed by atoms with Crippen LogP contribution >= 0.6 is 34.5 Å². The molecule has 0 fully saturated rings. The van der Waals surface area contributed by atoms with Crippen LogP contribution < -0.4 is 0 Å². The number of imidazole rings is 1. The zero-order valence-corrected chi connectivity index (χ0v) is 13.5. The Labute approximate surface area is 135 Å². The summed E-state index contributed by atoms with van der Waals surface area (Å²) in [6.45, 7) is 2.07. The molecule has 0 aliphatic carbocycles. The summed E-state index contributed by atoms with van der Waals surface area (Å²) in [4.78, 5) is 8.81. The molecule has 0 radical (unpaired) electrons. The number of rotatable bonds is 4. The van der Waals surface area contributed by atoms with Gasteiger partial charge in [-0.15, -0.1) is 22.9 Å². The van der Waals surface area contributed by atoms with Crippen LogP contribution in [0, 0.1) is 5.82 Å². The first-order valence-corrected chi connectivity index (χ1v) is 8.26. The number of benzene rings is 1. The van der Waals surface area contributed by atoms with Crippen LogP contribution in [0.2, 0.25) is 5.02 Å². The van der Waals surface area contributed by atoms with Crippen LogP contribution in [-0.2, 0) is 5.88 Å². The molecule has 1 atom stereocenters. The van der Waals surface area contributed by atoms with E-state index >= 15 is 0 Å².